The Morgan fingerprint density at radius 2 is 2.30 bits per heavy atom. The Labute approximate surface area is 60.4 Å². The molecule has 54 valence electrons. The van der Waals surface area contributed by atoms with Crippen molar-refractivity contribution >= 4 is 22.2 Å². The maximum absolute atomic E-state index is 12.5. The second kappa shape index (κ2) is 2.26. The van der Waals surface area contributed by atoms with Crippen LogP contribution in [0.4, 0.5) is 9.39 Å². The van der Waals surface area contributed by atoms with E-state index in [9.17, 15) is 9.18 Å². The zero-order valence-corrected chi connectivity index (χ0v) is 5.74. The number of hydrogen-bond donors (Lipinski definition) is 2. The third kappa shape index (κ3) is 1.08. The van der Waals surface area contributed by atoms with Crippen molar-refractivity contribution in [1.82, 2.24) is 0 Å². The summed E-state index contributed by atoms with van der Waals surface area (Å²) in [5, 5.41) is 0.256. The Morgan fingerprint density at radius 1 is 1.70 bits per heavy atom. The fourth-order valence-corrected chi connectivity index (χ4v) is 1.21. The lowest BCUT2D eigenvalue weighted by Gasteiger charge is -1.84. The van der Waals surface area contributed by atoms with Gasteiger partial charge in [0.05, 0.1) is 5.00 Å². The van der Waals surface area contributed by atoms with Crippen LogP contribution in [0.1, 0.15) is 9.67 Å². The number of thiophene rings is 1. The fraction of sp³-hybridized carbons (Fsp3) is 0. The quantitative estimate of drug-likeness (QED) is 0.630. The molecule has 1 heterocycles. The number of nitrogen functional groups attached to an aromatic ring is 1. The molecule has 10 heavy (non-hydrogen) atoms. The molecular weight excluding hydrogens is 155 g/mol. The van der Waals surface area contributed by atoms with E-state index in [4.69, 9.17) is 11.5 Å². The van der Waals surface area contributed by atoms with E-state index < -0.39 is 11.7 Å². The highest BCUT2D eigenvalue weighted by Gasteiger charge is 2.11. The maximum Gasteiger partial charge on any atom is 0.261 e. The first-order valence-corrected chi connectivity index (χ1v) is 3.27. The summed E-state index contributed by atoms with van der Waals surface area (Å²) in [4.78, 5) is 10.3. The molecule has 0 unspecified atom stereocenters. The van der Waals surface area contributed by atoms with Crippen LogP contribution in [-0.2, 0) is 0 Å². The van der Waals surface area contributed by atoms with Crippen LogP contribution in [-0.4, -0.2) is 5.91 Å². The van der Waals surface area contributed by atoms with Crippen LogP contribution < -0.4 is 11.5 Å². The molecule has 0 radical (unpaired) electrons. The zero-order valence-electron chi connectivity index (χ0n) is 4.93. The summed E-state index contributed by atoms with van der Waals surface area (Å²) in [5.41, 5.74) is 9.99. The second-order valence-corrected chi connectivity index (χ2v) is 2.77. The monoisotopic (exact) mass is 160 g/mol. The summed E-state index contributed by atoms with van der Waals surface area (Å²) >= 11 is 0.851. The Morgan fingerprint density at radius 3 is 2.50 bits per heavy atom. The van der Waals surface area contributed by atoms with Gasteiger partial charge in [0.1, 0.15) is 10.7 Å². The SMILES string of the molecule is NC(=O)c1sc(N)cc1F. The van der Waals surface area contributed by atoms with Crippen LogP contribution in [0.25, 0.3) is 0 Å². The average Bonchev–Trinajstić information content (AvgIpc) is 2.10. The van der Waals surface area contributed by atoms with Crippen molar-refractivity contribution in [3.05, 3.63) is 16.8 Å². The molecule has 0 saturated carbocycles. The van der Waals surface area contributed by atoms with Gasteiger partial charge in [-0.15, -0.1) is 11.3 Å². The van der Waals surface area contributed by atoms with Gasteiger partial charge in [-0.05, 0) is 0 Å². The van der Waals surface area contributed by atoms with Crippen molar-refractivity contribution in [3.8, 4) is 0 Å². The number of carbonyl (C=O) groups excluding carboxylic acids is 1. The number of hydrogen-bond acceptors (Lipinski definition) is 3. The molecule has 1 aromatic heterocycles. The van der Waals surface area contributed by atoms with Crippen molar-refractivity contribution in [3.63, 3.8) is 0 Å². The van der Waals surface area contributed by atoms with Crippen LogP contribution in [0.2, 0.25) is 0 Å². The Kier molecular flexibility index (Phi) is 1.58. The summed E-state index contributed by atoms with van der Waals surface area (Å²) < 4.78 is 12.5. The summed E-state index contributed by atoms with van der Waals surface area (Å²) in [6, 6.07) is 1.07. The lowest BCUT2D eigenvalue weighted by molar-refractivity contribution is 0.100. The van der Waals surface area contributed by atoms with Gasteiger partial charge in [0, 0.05) is 6.07 Å². The van der Waals surface area contributed by atoms with Crippen LogP contribution in [0.15, 0.2) is 6.07 Å². The van der Waals surface area contributed by atoms with Gasteiger partial charge >= 0.3 is 0 Å². The number of primary amides is 1. The zero-order chi connectivity index (χ0) is 7.72. The first-order chi connectivity index (χ1) is 4.61. The molecule has 0 fully saturated rings. The van der Waals surface area contributed by atoms with E-state index >= 15 is 0 Å². The molecule has 0 aliphatic heterocycles. The Hall–Kier alpha value is -1.10. The van der Waals surface area contributed by atoms with E-state index in [0.717, 1.165) is 17.4 Å². The smallest absolute Gasteiger partial charge is 0.261 e. The van der Waals surface area contributed by atoms with Gasteiger partial charge in [-0.2, -0.15) is 0 Å². The summed E-state index contributed by atoms with van der Waals surface area (Å²) in [7, 11) is 0. The highest BCUT2D eigenvalue weighted by atomic mass is 32.1. The number of carbonyl (C=O) groups is 1. The largest absolute Gasteiger partial charge is 0.390 e. The van der Waals surface area contributed by atoms with Crippen molar-refractivity contribution in [2.45, 2.75) is 0 Å². The molecule has 5 heteroatoms. The molecule has 0 bridgehead atoms. The van der Waals surface area contributed by atoms with Gasteiger partial charge < -0.3 is 11.5 Å². The van der Waals surface area contributed by atoms with Gasteiger partial charge in [0.2, 0.25) is 0 Å². The van der Waals surface area contributed by atoms with Crippen molar-refractivity contribution in [2.75, 3.05) is 5.73 Å². The number of rotatable bonds is 1. The highest BCUT2D eigenvalue weighted by Crippen LogP contribution is 2.21. The minimum Gasteiger partial charge on any atom is -0.390 e. The Bertz CT molecular complexity index is 271. The number of amides is 1. The lowest BCUT2D eigenvalue weighted by Crippen LogP contribution is -2.10. The van der Waals surface area contributed by atoms with E-state index in [1.807, 2.05) is 0 Å². The van der Waals surface area contributed by atoms with E-state index in [1.165, 1.54) is 0 Å². The molecule has 0 spiro atoms. The van der Waals surface area contributed by atoms with E-state index in [2.05, 4.69) is 0 Å². The first kappa shape index (κ1) is 7.01. The third-order valence-electron chi connectivity index (χ3n) is 0.930. The minimum absolute atomic E-state index is 0.113. The van der Waals surface area contributed by atoms with E-state index in [0.29, 0.717) is 0 Å². The third-order valence-corrected chi connectivity index (χ3v) is 1.88. The molecule has 4 N–H and O–H groups in total. The van der Waals surface area contributed by atoms with Crippen molar-refractivity contribution in [1.29, 1.82) is 0 Å². The molecule has 0 atom stereocenters. The molecule has 0 aliphatic rings. The van der Waals surface area contributed by atoms with Crippen LogP contribution in [0, 0.1) is 5.82 Å². The standard InChI is InChI=1S/C5H5FN2OS/c6-2-1-3(7)10-4(2)5(8)9/h1H,7H2,(H2,8,9). The number of anilines is 1. The average molecular weight is 160 g/mol. The van der Waals surface area contributed by atoms with Gasteiger partial charge in [0.15, 0.2) is 0 Å². The number of halogens is 1. The van der Waals surface area contributed by atoms with Crippen LogP contribution in [0.5, 0.6) is 0 Å². The second-order valence-electron chi connectivity index (χ2n) is 1.69. The van der Waals surface area contributed by atoms with Gasteiger partial charge in [-0.25, -0.2) is 4.39 Å². The van der Waals surface area contributed by atoms with Crippen molar-refractivity contribution < 1.29 is 9.18 Å². The highest BCUT2D eigenvalue weighted by molar-refractivity contribution is 7.17. The predicted molar refractivity (Wildman–Crippen MR) is 37.2 cm³/mol. The molecule has 1 amide bonds. The maximum atomic E-state index is 12.5. The predicted octanol–water partition coefficient (Wildman–Crippen LogP) is 0.568. The molecule has 3 nitrogen and oxygen atoms in total. The van der Waals surface area contributed by atoms with E-state index in [1.54, 1.807) is 0 Å². The fourth-order valence-electron chi connectivity index (χ4n) is 0.555. The lowest BCUT2D eigenvalue weighted by atomic mass is 10.4. The molecule has 0 aromatic carbocycles. The van der Waals surface area contributed by atoms with Gasteiger partial charge in [-0.1, -0.05) is 0 Å². The summed E-state index contributed by atoms with van der Waals surface area (Å²) in [6.07, 6.45) is 0. The normalized spacial score (nSPS) is 9.70. The van der Waals surface area contributed by atoms with Crippen molar-refractivity contribution in [2.24, 2.45) is 5.73 Å². The summed E-state index contributed by atoms with van der Waals surface area (Å²) in [5.74, 6) is -1.42. The summed E-state index contributed by atoms with van der Waals surface area (Å²) in [6.45, 7) is 0. The number of nitrogens with two attached hydrogens (primary N) is 2. The van der Waals surface area contributed by atoms with Gasteiger partial charge in [-0.3, -0.25) is 4.79 Å². The molecular formula is C5H5FN2OS. The van der Waals surface area contributed by atoms with Crippen LogP contribution >= 0.6 is 11.3 Å². The first-order valence-electron chi connectivity index (χ1n) is 2.46. The van der Waals surface area contributed by atoms with Gasteiger partial charge in [0.25, 0.3) is 5.91 Å². The molecule has 1 aromatic rings. The van der Waals surface area contributed by atoms with Crippen LogP contribution in [0.3, 0.4) is 0 Å². The molecule has 1 rings (SSSR count). The topological polar surface area (TPSA) is 69.1 Å². The minimum atomic E-state index is -0.779. The molecule has 0 saturated heterocycles. The Balaban J connectivity index is 3.15. The van der Waals surface area contributed by atoms with E-state index in [-0.39, 0.29) is 9.88 Å². The molecule has 0 aliphatic carbocycles.